The lowest BCUT2D eigenvalue weighted by Crippen LogP contribution is -2.57. The molecule has 0 spiro atoms. The molecule has 0 radical (unpaired) electrons. The van der Waals surface area contributed by atoms with Gasteiger partial charge in [-0.15, -0.1) is 0 Å². The normalized spacial score (nSPS) is 19.5. The largest absolute Gasteiger partial charge is 0.508 e. The molecule has 3 heterocycles. The second-order valence-corrected chi connectivity index (χ2v) is 10.7. The van der Waals surface area contributed by atoms with Crippen molar-refractivity contribution in [3.63, 3.8) is 0 Å². The molecule has 0 aromatic heterocycles. The quantitative estimate of drug-likeness (QED) is 0.143. The number of β-lactam (4-membered cyclic amide) rings is 1. The first-order valence-electron chi connectivity index (χ1n) is 13.2. The molecule has 44 heavy (non-hydrogen) atoms. The highest BCUT2D eigenvalue weighted by molar-refractivity contribution is 8.03. The predicted molar refractivity (Wildman–Crippen MR) is 147 cm³/mol. The van der Waals surface area contributed by atoms with Crippen LogP contribution >= 0.6 is 11.8 Å². The summed E-state index contributed by atoms with van der Waals surface area (Å²) >= 11 is 1.15. The molecular formula is C27H25N3O13S. The van der Waals surface area contributed by atoms with E-state index in [0.29, 0.717) is 11.1 Å². The molecular weight excluding hydrogens is 606 g/mol. The number of amides is 1. The molecule has 3 aliphatic heterocycles. The van der Waals surface area contributed by atoms with Crippen LogP contribution in [0.25, 0.3) is 0 Å². The highest BCUT2D eigenvalue weighted by Gasteiger charge is 2.57. The topological polar surface area (TPSA) is 196 Å². The molecule has 2 fully saturated rings. The van der Waals surface area contributed by atoms with Gasteiger partial charge in [-0.05, 0) is 41.8 Å². The Morgan fingerprint density at radius 3 is 2.02 bits per heavy atom. The van der Waals surface area contributed by atoms with Gasteiger partial charge in [0.2, 0.25) is 5.91 Å². The zero-order valence-electron chi connectivity index (χ0n) is 22.9. The summed E-state index contributed by atoms with van der Waals surface area (Å²) < 4.78 is 32.0. The highest BCUT2D eigenvalue weighted by Crippen LogP contribution is 2.51. The van der Waals surface area contributed by atoms with Gasteiger partial charge in [0.05, 0.1) is 35.6 Å². The summed E-state index contributed by atoms with van der Waals surface area (Å²) in [6.45, 7) is 0.0542. The van der Waals surface area contributed by atoms with Gasteiger partial charge in [0, 0.05) is 24.3 Å². The number of ether oxygens (including phenoxy) is 6. The number of benzene rings is 2. The summed E-state index contributed by atoms with van der Waals surface area (Å²) in [5.74, 6) is -1.80. The second kappa shape index (κ2) is 13.7. The standard InChI is InChI=1S/C27H25N3O13S/c31-23-21(9-10-40-27(33)42-12-17-3-7-19(8-4-17)30(36)37)24-28(23)22(26(44-24)43-20-13-38-15-39-14-20)25(32)41-11-16-1-5-18(6-2-16)29(34)35/h1-8,20-21,24H,9-15H2/t21?,24-/m1/s1. The molecule has 1 unspecified atom stereocenters. The molecule has 17 heteroatoms. The minimum absolute atomic E-state index is 0.0721. The minimum atomic E-state index is -0.971. The highest BCUT2D eigenvalue weighted by atomic mass is 32.2. The van der Waals surface area contributed by atoms with Crippen molar-refractivity contribution < 1.29 is 52.7 Å². The van der Waals surface area contributed by atoms with Crippen molar-refractivity contribution in [2.45, 2.75) is 31.1 Å². The van der Waals surface area contributed by atoms with Crippen molar-refractivity contribution in [2.75, 3.05) is 26.6 Å². The molecule has 2 atom stereocenters. The Morgan fingerprint density at radius 2 is 1.45 bits per heavy atom. The van der Waals surface area contributed by atoms with Crippen molar-refractivity contribution in [3.05, 3.63) is 90.7 Å². The number of thioether (sulfide) groups is 1. The molecule has 2 aromatic rings. The van der Waals surface area contributed by atoms with Gasteiger partial charge in [0.15, 0.2) is 10.8 Å². The fourth-order valence-electron chi connectivity index (χ4n) is 4.48. The van der Waals surface area contributed by atoms with Gasteiger partial charge < -0.3 is 28.4 Å². The number of non-ortho nitro benzene ring substituents is 2. The third kappa shape index (κ3) is 7.07. The van der Waals surface area contributed by atoms with E-state index in [1.165, 1.54) is 53.4 Å². The van der Waals surface area contributed by atoms with Gasteiger partial charge >= 0.3 is 12.1 Å². The smallest absolute Gasteiger partial charge is 0.477 e. The van der Waals surface area contributed by atoms with Crippen LogP contribution < -0.4 is 0 Å². The number of rotatable bonds is 12. The molecule has 3 aliphatic rings. The van der Waals surface area contributed by atoms with E-state index in [4.69, 9.17) is 28.4 Å². The van der Waals surface area contributed by atoms with Crippen LogP contribution in [-0.4, -0.2) is 70.9 Å². The molecule has 0 saturated carbocycles. The van der Waals surface area contributed by atoms with Crippen LogP contribution in [0.3, 0.4) is 0 Å². The van der Waals surface area contributed by atoms with Gasteiger partial charge in [0.1, 0.15) is 31.5 Å². The van der Waals surface area contributed by atoms with Crippen LogP contribution in [-0.2, 0) is 51.2 Å². The summed E-state index contributed by atoms with van der Waals surface area (Å²) in [4.78, 5) is 60.2. The third-order valence-corrected chi connectivity index (χ3v) is 8.01. The Kier molecular flexibility index (Phi) is 9.56. The van der Waals surface area contributed by atoms with Gasteiger partial charge in [-0.3, -0.25) is 29.9 Å². The van der Waals surface area contributed by atoms with Gasteiger partial charge in [-0.1, -0.05) is 11.8 Å². The maximum absolute atomic E-state index is 13.2. The number of nitro groups is 2. The Labute approximate surface area is 253 Å². The van der Waals surface area contributed by atoms with E-state index in [-0.39, 0.29) is 74.3 Å². The van der Waals surface area contributed by atoms with Gasteiger partial charge in [-0.2, -0.15) is 0 Å². The predicted octanol–water partition coefficient (Wildman–Crippen LogP) is 3.38. The van der Waals surface area contributed by atoms with Crippen LogP contribution in [0.1, 0.15) is 17.5 Å². The number of nitro benzene ring substituents is 2. The zero-order chi connectivity index (χ0) is 31.2. The molecule has 0 N–H and O–H groups in total. The van der Waals surface area contributed by atoms with Crippen LogP contribution in [0.4, 0.5) is 16.2 Å². The van der Waals surface area contributed by atoms with E-state index in [0.717, 1.165) is 11.8 Å². The number of fused-ring (bicyclic) bond motifs is 1. The Bertz CT molecular complexity index is 1460. The molecule has 5 rings (SSSR count). The van der Waals surface area contributed by atoms with E-state index in [1.54, 1.807) is 0 Å². The summed E-state index contributed by atoms with van der Waals surface area (Å²) in [5, 5.41) is 21.3. The number of hydrogen-bond acceptors (Lipinski definition) is 14. The summed E-state index contributed by atoms with van der Waals surface area (Å²) in [6, 6.07) is 11.0. The number of nitrogens with zero attached hydrogens (tertiary/aromatic N) is 3. The maximum Gasteiger partial charge on any atom is 0.508 e. The minimum Gasteiger partial charge on any atom is -0.477 e. The number of carbonyl (C=O) groups is 3. The zero-order valence-corrected chi connectivity index (χ0v) is 23.7. The monoisotopic (exact) mass is 631 g/mol. The molecule has 1 amide bonds. The van der Waals surface area contributed by atoms with Crippen molar-refractivity contribution in [1.29, 1.82) is 0 Å². The molecule has 16 nitrogen and oxygen atoms in total. The summed E-state index contributed by atoms with van der Waals surface area (Å²) in [7, 11) is 0. The number of carbonyl (C=O) groups excluding carboxylic acids is 3. The number of hydrogen-bond donors (Lipinski definition) is 0. The van der Waals surface area contributed by atoms with Crippen molar-refractivity contribution in [2.24, 2.45) is 5.92 Å². The Hall–Kier alpha value is -4.74. The van der Waals surface area contributed by atoms with E-state index < -0.39 is 39.4 Å². The van der Waals surface area contributed by atoms with Crippen LogP contribution in [0.5, 0.6) is 0 Å². The summed E-state index contributed by atoms with van der Waals surface area (Å²) in [6.07, 6.45) is -1.35. The first kappa shape index (κ1) is 30.7. The summed E-state index contributed by atoms with van der Waals surface area (Å²) in [5.41, 5.74) is 0.764. The van der Waals surface area contributed by atoms with E-state index in [1.807, 2.05) is 0 Å². The second-order valence-electron chi connectivity index (χ2n) is 9.66. The molecule has 2 aromatic carbocycles. The number of esters is 1. The van der Waals surface area contributed by atoms with E-state index >= 15 is 0 Å². The lowest BCUT2D eigenvalue weighted by atomic mass is 9.94. The van der Waals surface area contributed by atoms with Gasteiger partial charge in [-0.25, -0.2) is 9.59 Å². The maximum atomic E-state index is 13.2. The van der Waals surface area contributed by atoms with Crippen molar-refractivity contribution in [1.82, 2.24) is 4.90 Å². The van der Waals surface area contributed by atoms with Gasteiger partial charge in [0.25, 0.3) is 11.4 Å². The lowest BCUT2D eigenvalue weighted by molar-refractivity contribution is -0.385. The fraction of sp³-hybridized carbons (Fsp3) is 0.370. The Balaban J connectivity index is 1.15. The molecule has 2 saturated heterocycles. The fourth-order valence-corrected chi connectivity index (χ4v) is 5.91. The third-order valence-electron chi connectivity index (χ3n) is 6.73. The lowest BCUT2D eigenvalue weighted by Gasteiger charge is -2.41. The average Bonchev–Trinajstić information content (AvgIpc) is 3.36. The first-order valence-corrected chi connectivity index (χ1v) is 14.1. The van der Waals surface area contributed by atoms with Crippen LogP contribution in [0, 0.1) is 26.1 Å². The van der Waals surface area contributed by atoms with E-state index in [9.17, 15) is 34.6 Å². The first-order chi connectivity index (χ1) is 21.2. The van der Waals surface area contributed by atoms with Crippen molar-refractivity contribution >= 4 is 41.2 Å². The molecule has 0 aliphatic carbocycles. The Morgan fingerprint density at radius 1 is 0.886 bits per heavy atom. The molecule has 232 valence electrons. The molecule has 0 bridgehead atoms. The van der Waals surface area contributed by atoms with Crippen molar-refractivity contribution in [3.8, 4) is 0 Å². The van der Waals surface area contributed by atoms with Crippen LogP contribution in [0.15, 0.2) is 59.3 Å². The van der Waals surface area contributed by atoms with Crippen LogP contribution in [0.2, 0.25) is 0 Å². The van der Waals surface area contributed by atoms with E-state index in [2.05, 4.69) is 0 Å². The SMILES string of the molecule is O=C(OCCC1C(=O)N2C(C(=O)OCc3ccc([N+](=O)[O-])cc3)=C(OC3COCOC3)S[C@H]12)OCc1ccc([N+](=O)[O-])cc1. The average molecular weight is 632 g/mol.